The third-order valence-corrected chi connectivity index (χ3v) is 4.04. The highest BCUT2D eigenvalue weighted by Gasteiger charge is 2.07. The summed E-state index contributed by atoms with van der Waals surface area (Å²) in [6.45, 7) is 2.03. The van der Waals surface area contributed by atoms with Crippen molar-refractivity contribution in [1.29, 1.82) is 0 Å². The molecule has 0 saturated heterocycles. The van der Waals surface area contributed by atoms with Crippen molar-refractivity contribution in [2.45, 2.75) is 13.3 Å². The Kier molecular flexibility index (Phi) is 4.99. The second kappa shape index (κ2) is 6.73. The maximum atomic E-state index is 12.1. The van der Waals surface area contributed by atoms with E-state index in [1.54, 1.807) is 29.5 Å². The average Bonchev–Trinajstić information content (AvgIpc) is 2.84. The van der Waals surface area contributed by atoms with Gasteiger partial charge in [-0.1, -0.05) is 0 Å². The van der Waals surface area contributed by atoms with Gasteiger partial charge in [0.1, 0.15) is 5.75 Å². The number of benzene rings is 1. The van der Waals surface area contributed by atoms with Gasteiger partial charge in [0.05, 0.1) is 0 Å². The first-order valence-electron chi connectivity index (χ1n) is 6.27. The lowest BCUT2D eigenvalue weighted by Gasteiger charge is -2.04. The fourth-order valence-electron chi connectivity index (χ4n) is 1.84. The first-order valence-corrected chi connectivity index (χ1v) is 7.62. The number of thiophene rings is 1. The summed E-state index contributed by atoms with van der Waals surface area (Å²) in [4.78, 5) is 14.4. The van der Waals surface area contributed by atoms with Crippen LogP contribution < -0.4 is 0 Å². The van der Waals surface area contributed by atoms with Crippen LogP contribution in [0.2, 0.25) is 0 Å². The standard InChI is InChI=1S/C16H15ClO2S/c1-11-2-4-14(20-11)5-7-16(19)12-3-6-15(18)13(10-12)8-9-17/h2-7,10,18H,8-9H2,1H3/b7-5-. The molecule has 2 nitrogen and oxygen atoms in total. The van der Waals surface area contributed by atoms with Crippen LogP contribution in [0.5, 0.6) is 5.75 Å². The van der Waals surface area contributed by atoms with E-state index >= 15 is 0 Å². The minimum Gasteiger partial charge on any atom is -0.508 e. The summed E-state index contributed by atoms with van der Waals surface area (Å²) < 4.78 is 0. The van der Waals surface area contributed by atoms with Gasteiger partial charge < -0.3 is 5.11 Å². The number of phenolic OH excluding ortho intramolecular Hbond substituents is 1. The van der Waals surface area contributed by atoms with E-state index in [1.165, 1.54) is 10.9 Å². The van der Waals surface area contributed by atoms with Crippen LogP contribution in [0.1, 0.15) is 25.7 Å². The Bertz CT molecular complexity index is 644. The Balaban J connectivity index is 2.16. The van der Waals surface area contributed by atoms with E-state index in [0.717, 1.165) is 4.88 Å². The van der Waals surface area contributed by atoms with Crippen molar-refractivity contribution in [2.24, 2.45) is 0 Å². The molecule has 0 radical (unpaired) electrons. The molecule has 1 aromatic carbocycles. The predicted molar refractivity (Wildman–Crippen MR) is 85.0 cm³/mol. The molecule has 1 aromatic heterocycles. The normalized spacial score (nSPS) is 11.1. The Morgan fingerprint density at radius 2 is 2.15 bits per heavy atom. The highest BCUT2D eigenvalue weighted by atomic mass is 35.5. The minimum atomic E-state index is -0.0770. The fourth-order valence-corrected chi connectivity index (χ4v) is 2.82. The molecule has 0 atom stereocenters. The van der Waals surface area contributed by atoms with E-state index in [9.17, 15) is 9.90 Å². The molecule has 4 heteroatoms. The lowest BCUT2D eigenvalue weighted by Crippen LogP contribution is -1.97. The van der Waals surface area contributed by atoms with E-state index in [4.69, 9.17) is 11.6 Å². The van der Waals surface area contributed by atoms with Crippen LogP contribution in [-0.4, -0.2) is 16.8 Å². The quantitative estimate of drug-likeness (QED) is 0.504. The van der Waals surface area contributed by atoms with Gasteiger partial charge in [0.15, 0.2) is 5.78 Å². The van der Waals surface area contributed by atoms with Crippen molar-refractivity contribution in [3.8, 4) is 5.75 Å². The molecule has 0 fully saturated rings. The minimum absolute atomic E-state index is 0.0770. The summed E-state index contributed by atoms with van der Waals surface area (Å²) in [5, 5.41) is 9.67. The molecule has 1 N–H and O–H groups in total. The van der Waals surface area contributed by atoms with Gasteiger partial charge in [0.2, 0.25) is 0 Å². The van der Waals surface area contributed by atoms with Crippen molar-refractivity contribution in [1.82, 2.24) is 0 Å². The maximum absolute atomic E-state index is 12.1. The largest absolute Gasteiger partial charge is 0.508 e. The van der Waals surface area contributed by atoms with Crippen molar-refractivity contribution in [3.05, 3.63) is 57.3 Å². The van der Waals surface area contributed by atoms with Crippen LogP contribution in [0, 0.1) is 6.92 Å². The third-order valence-electron chi connectivity index (χ3n) is 2.89. The van der Waals surface area contributed by atoms with Crippen LogP contribution in [0.4, 0.5) is 0 Å². The fraction of sp³-hybridized carbons (Fsp3) is 0.188. The predicted octanol–water partition coefficient (Wildman–Crippen LogP) is 4.44. The van der Waals surface area contributed by atoms with Gasteiger partial charge in [-0.05, 0) is 61.4 Å². The van der Waals surface area contributed by atoms with E-state index in [-0.39, 0.29) is 11.5 Å². The molecule has 0 aliphatic carbocycles. The second-order valence-corrected chi connectivity index (χ2v) is 6.13. The number of aromatic hydroxyl groups is 1. The number of rotatable bonds is 5. The Morgan fingerprint density at radius 1 is 1.35 bits per heavy atom. The third kappa shape index (κ3) is 3.71. The van der Waals surface area contributed by atoms with Crippen molar-refractivity contribution in [3.63, 3.8) is 0 Å². The zero-order chi connectivity index (χ0) is 14.5. The van der Waals surface area contributed by atoms with Gasteiger partial charge in [0.25, 0.3) is 0 Å². The summed E-state index contributed by atoms with van der Waals surface area (Å²) in [5.41, 5.74) is 1.26. The Morgan fingerprint density at radius 3 is 2.80 bits per heavy atom. The number of hydrogen-bond donors (Lipinski definition) is 1. The molecular formula is C16H15ClO2S. The monoisotopic (exact) mass is 306 g/mol. The number of allylic oxidation sites excluding steroid dienone is 1. The molecule has 0 bridgehead atoms. The molecule has 1 heterocycles. The van der Waals surface area contributed by atoms with Gasteiger partial charge in [-0.2, -0.15) is 0 Å². The number of alkyl halides is 1. The lowest BCUT2D eigenvalue weighted by atomic mass is 10.0. The summed E-state index contributed by atoms with van der Waals surface area (Å²) in [7, 11) is 0. The summed E-state index contributed by atoms with van der Waals surface area (Å²) in [6.07, 6.45) is 3.92. The number of aryl methyl sites for hydroxylation is 2. The number of ketones is 1. The van der Waals surface area contributed by atoms with Crippen molar-refractivity contribution < 1.29 is 9.90 Å². The Labute approximate surface area is 127 Å². The van der Waals surface area contributed by atoms with Crippen molar-refractivity contribution >= 4 is 34.8 Å². The topological polar surface area (TPSA) is 37.3 Å². The van der Waals surface area contributed by atoms with E-state index in [1.807, 2.05) is 25.1 Å². The molecule has 0 saturated carbocycles. The highest BCUT2D eigenvalue weighted by Crippen LogP contribution is 2.21. The summed E-state index contributed by atoms with van der Waals surface area (Å²) in [6, 6.07) is 8.87. The second-order valence-electron chi connectivity index (χ2n) is 4.43. The first kappa shape index (κ1) is 14.8. The van der Waals surface area contributed by atoms with Gasteiger partial charge in [-0.25, -0.2) is 0 Å². The zero-order valence-corrected chi connectivity index (χ0v) is 12.7. The van der Waals surface area contributed by atoms with Crippen LogP contribution in [0.15, 0.2) is 36.4 Å². The maximum Gasteiger partial charge on any atom is 0.185 e. The highest BCUT2D eigenvalue weighted by molar-refractivity contribution is 7.12. The molecule has 20 heavy (non-hydrogen) atoms. The molecule has 0 amide bonds. The van der Waals surface area contributed by atoms with E-state index < -0.39 is 0 Å². The van der Waals surface area contributed by atoms with Gasteiger partial charge in [-0.3, -0.25) is 4.79 Å². The number of halogens is 1. The molecule has 2 aromatic rings. The van der Waals surface area contributed by atoms with Crippen LogP contribution in [0.3, 0.4) is 0 Å². The van der Waals surface area contributed by atoms with Gasteiger partial charge >= 0.3 is 0 Å². The number of carbonyl (C=O) groups excluding carboxylic acids is 1. The van der Waals surface area contributed by atoms with Crippen molar-refractivity contribution in [2.75, 3.05) is 5.88 Å². The van der Waals surface area contributed by atoms with Gasteiger partial charge in [-0.15, -0.1) is 22.9 Å². The molecule has 0 spiro atoms. The van der Waals surface area contributed by atoms with Gasteiger partial charge in [0, 0.05) is 21.2 Å². The van der Waals surface area contributed by atoms with E-state index in [2.05, 4.69) is 0 Å². The lowest BCUT2D eigenvalue weighted by molar-refractivity contribution is 0.104. The number of carbonyl (C=O) groups is 1. The van der Waals surface area contributed by atoms with Crippen LogP contribution >= 0.6 is 22.9 Å². The summed E-state index contributed by atoms with van der Waals surface area (Å²) >= 11 is 7.32. The number of hydrogen-bond acceptors (Lipinski definition) is 3. The Hall–Kier alpha value is -1.58. The molecule has 0 aliphatic heterocycles. The average molecular weight is 307 g/mol. The molecular weight excluding hydrogens is 292 g/mol. The first-order chi connectivity index (χ1) is 9.60. The molecule has 104 valence electrons. The molecule has 0 unspecified atom stereocenters. The summed E-state index contributed by atoms with van der Waals surface area (Å²) in [5.74, 6) is 0.516. The molecule has 2 rings (SSSR count). The van der Waals surface area contributed by atoms with E-state index in [0.29, 0.717) is 23.4 Å². The SMILES string of the molecule is Cc1ccc(/C=C\C(=O)c2ccc(O)c(CCCl)c2)s1. The smallest absolute Gasteiger partial charge is 0.185 e. The number of phenols is 1. The zero-order valence-electron chi connectivity index (χ0n) is 11.1. The van der Waals surface area contributed by atoms with Crippen LogP contribution in [-0.2, 0) is 6.42 Å². The van der Waals surface area contributed by atoms with Crippen LogP contribution in [0.25, 0.3) is 6.08 Å². The molecule has 0 aliphatic rings.